The van der Waals surface area contributed by atoms with Crippen molar-refractivity contribution in [1.29, 1.82) is 0 Å². The average molecular weight is 319 g/mol. The summed E-state index contributed by atoms with van der Waals surface area (Å²) in [7, 11) is 0. The highest BCUT2D eigenvalue weighted by molar-refractivity contribution is 6.02. The number of likely N-dealkylation sites (tertiary alicyclic amines) is 1. The first-order valence-corrected chi connectivity index (χ1v) is 6.62. The van der Waals surface area contributed by atoms with E-state index in [0.29, 0.717) is 0 Å². The van der Waals surface area contributed by atoms with Gasteiger partial charge in [-0.05, 0) is 0 Å². The molecule has 124 valence electrons. The second kappa shape index (κ2) is 8.51. The molecule has 2 unspecified atom stereocenters. The summed E-state index contributed by atoms with van der Waals surface area (Å²) in [4.78, 5) is 35.0. The van der Waals surface area contributed by atoms with Gasteiger partial charge in [0.05, 0.1) is 6.21 Å². The Kier molecular flexibility index (Phi) is 7.02. The Balaban J connectivity index is 2.32. The van der Waals surface area contributed by atoms with Crippen molar-refractivity contribution >= 4 is 23.9 Å². The van der Waals surface area contributed by atoms with Crippen LogP contribution in [0.25, 0.3) is 0 Å². The number of imide groups is 1. The summed E-state index contributed by atoms with van der Waals surface area (Å²) in [5.41, 5.74) is 2.01. The SMILES string of the molecule is O=C(CCN1C(=O)CCC1=O)N/N=C/C(O)[C@H](O)C(O)CF. The number of carbonyl (C=O) groups excluding carboxylic acids is 3. The number of aliphatic hydroxyl groups excluding tert-OH is 3. The summed E-state index contributed by atoms with van der Waals surface area (Å²) < 4.78 is 12.1. The second-order valence-corrected chi connectivity index (χ2v) is 4.71. The van der Waals surface area contributed by atoms with Gasteiger partial charge in [-0.2, -0.15) is 5.10 Å². The molecule has 0 aliphatic carbocycles. The van der Waals surface area contributed by atoms with E-state index < -0.39 is 30.9 Å². The van der Waals surface area contributed by atoms with E-state index in [2.05, 4.69) is 5.10 Å². The Morgan fingerprint density at radius 3 is 2.45 bits per heavy atom. The van der Waals surface area contributed by atoms with Crippen LogP contribution < -0.4 is 5.43 Å². The van der Waals surface area contributed by atoms with Gasteiger partial charge in [0.15, 0.2) is 0 Å². The van der Waals surface area contributed by atoms with Gasteiger partial charge >= 0.3 is 0 Å². The Hall–Kier alpha value is -1.91. The van der Waals surface area contributed by atoms with Crippen molar-refractivity contribution in [3.05, 3.63) is 0 Å². The van der Waals surface area contributed by atoms with Crippen LogP contribution in [0.3, 0.4) is 0 Å². The molecule has 9 nitrogen and oxygen atoms in total. The molecule has 3 atom stereocenters. The first-order valence-electron chi connectivity index (χ1n) is 6.62. The third kappa shape index (κ3) is 5.13. The molecule has 0 aromatic rings. The second-order valence-electron chi connectivity index (χ2n) is 4.71. The van der Waals surface area contributed by atoms with Crippen LogP contribution in [0.4, 0.5) is 4.39 Å². The molecule has 0 saturated carbocycles. The molecule has 1 aliphatic heterocycles. The van der Waals surface area contributed by atoms with Crippen LogP contribution in [0.15, 0.2) is 5.10 Å². The minimum atomic E-state index is -1.77. The molecule has 0 spiro atoms. The molecule has 0 radical (unpaired) electrons. The third-order valence-corrected chi connectivity index (χ3v) is 3.04. The number of hydrazone groups is 1. The van der Waals surface area contributed by atoms with Crippen molar-refractivity contribution in [2.45, 2.75) is 37.6 Å². The first-order chi connectivity index (χ1) is 10.4. The monoisotopic (exact) mass is 319 g/mol. The topological polar surface area (TPSA) is 140 Å². The van der Waals surface area contributed by atoms with Crippen molar-refractivity contribution in [3.63, 3.8) is 0 Å². The number of aliphatic hydroxyl groups is 3. The predicted octanol–water partition coefficient (Wildman–Crippen LogP) is -2.32. The molecule has 0 aromatic heterocycles. The minimum Gasteiger partial charge on any atom is -0.388 e. The molecule has 0 aromatic carbocycles. The molecule has 1 fully saturated rings. The highest BCUT2D eigenvalue weighted by Gasteiger charge is 2.28. The van der Waals surface area contributed by atoms with Crippen LogP contribution in [0.5, 0.6) is 0 Å². The minimum absolute atomic E-state index is 0.0647. The lowest BCUT2D eigenvalue weighted by atomic mass is 10.1. The van der Waals surface area contributed by atoms with Gasteiger partial charge in [-0.1, -0.05) is 0 Å². The largest absolute Gasteiger partial charge is 0.388 e. The standard InChI is InChI=1S/C12H18FN3O6/c13-5-7(17)12(22)8(18)6-14-15-9(19)3-4-16-10(20)1-2-11(16)21/h6-8,12,17-18,22H,1-5H2,(H,15,19)/b14-6+/t7?,8?,12-/m1/s1. The fraction of sp³-hybridized carbons (Fsp3) is 0.667. The maximum Gasteiger partial charge on any atom is 0.241 e. The molecular weight excluding hydrogens is 301 g/mol. The maximum absolute atomic E-state index is 12.1. The number of nitrogens with one attached hydrogen (secondary N) is 1. The van der Waals surface area contributed by atoms with Crippen LogP contribution in [0.1, 0.15) is 19.3 Å². The lowest BCUT2D eigenvalue weighted by Crippen LogP contribution is -2.40. The van der Waals surface area contributed by atoms with Gasteiger partial charge in [0.1, 0.15) is 25.0 Å². The average Bonchev–Trinajstić information content (AvgIpc) is 2.82. The van der Waals surface area contributed by atoms with E-state index in [0.717, 1.165) is 11.1 Å². The Labute approximate surface area is 125 Å². The number of amides is 3. The molecule has 1 rings (SSSR count). The highest BCUT2D eigenvalue weighted by atomic mass is 19.1. The van der Waals surface area contributed by atoms with Crippen LogP contribution in [0, 0.1) is 0 Å². The molecule has 1 saturated heterocycles. The molecule has 22 heavy (non-hydrogen) atoms. The van der Waals surface area contributed by atoms with Crippen LogP contribution in [0.2, 0.25) is 0 Å². The van der Waals surface area contributed by atoms with Gasteiger partial charge < -0.3 is 15.3 Å². The number of hydrogen-bond donors (Lipinski definition) is 4. The van der Waals surface area contributed by atoms with E-state index in [1.807, 2.05) is 5.43 Å². The maximum atomic E-state index is 12.1. The Bertz CT molecular complexity index is 442. The van der Waals surface area contributed by atoms with Gasteiger partial charge in [0.25, 0.3) is 0 Å². The summed E-state index contributed by atoms with van der Waals surface area (Å²) in [6.07, 6.45) is -4.35. The van der Waals surface area contributed by atoms with Crippen LogP contribution in [-0.2, 0) is 14.4 Å². The smallest absolute Gasteiger partial charge is 0.241 e. The molecule has 0 bridgehead atoms. The van der Waals surface area contributed by atoms with Crippen molar-refractivity contribution in [2.75, 3.05) is 13.2 Å². The van der Waals surface area contributed by atoms with E-state index in [-0.39, 0.29) is 37.6 Å². The Morgan fingerprint density at radius 2 is 1.91 bits per heavy atom. The zero-order valence-corrected chi connectivity index (χ0v) is 11.7. The number of hydrogen-bond acceptors (Lipinski definition) is 7. The summed E-state index contributed by atoms with van der Waals surface area (Å²) in [6.45, 7) is -1.30. The van der Waals surface area contributed by atoms with Gasteiger partial charge in [-0.3, -0.25) is 19.3 Å². The van der Waals surface area contributed by atoms with Gasteiger partial charge in [0, 0.05) is 25.8 Å². The van der Waals surface area contributed by atoms with Crippen LogP contribution >= 0.6 is 0 Å². The highest BCUT2D eigenvalue weighted by Crippen LogP contribution is 2.11. The van der Waals surface area contributed by atoms with Gasteiger partial charge in [-0.15, -0.1) is 0 Å². The van der Waals surface area contributed by atoms with Crippen molar-refractivity contribution in [1.82, 2.24) is 10.3 Å². The number of rotatable bonds is 8. The normalized spacial score (nSPS) is 19.5. The van der Waals surface area contributed by atoms with Crippen molar-refractivity contribution in [2.24, 2.45) is 5.10 Å². The third-order valence-electron chi connectivity index (χ3n) is 3.04. The van der Waals surface area contributed by atoms with E-state index in [4.69, 9.17) is 5.11 Å². The number of alkyl halides is 1. The van der Waals surface area contributed by atoms with Gasteiger partial charge in [-0.25, -0.2) is 9.82 Å². The molecule has 3 amide bonds. The van der Waals surface area contributed by atoms with E-state index in [1.165, 1.54) is 0 Å². The van der Waals surface area contributed by atoms with Crippen molar-refractivity contribution < 1.29 is 34.1 Å². The summed E-state index contributed by atoms with van der Waals surface area (Å²) >= 11 is 0. The lowest BCUT2D eigenvalue weighted by molar-refractivity contribution is -0.138. The summed E-state index contributed by atoms with van der Waals surface area (Å²) in [5, 5.41) is 30.9. The predicted molar refractivity (Wildman–Crippen MR) is 71.2 cm³/mol. The number of nitrogens with zero attached hydrogens (tertiary/aromatic N) is 2. The van der Waals surface area contributed by atoms with Crippen LogP contribution in [-0.4, -0.2) is 75.7 Å². The summed E-state index contributed by atoms with van der Waals surface area (Å²) in [5.74, 6) is -1.28. The van der Waals surface area contributed by atoms with E-state index in [9.17, 15) is 29.0 Å². The van der Waals surface area contributed by atoms with E-state index in [1.54, 1.807) is 0 Å². The fourth-order valence-electron chi connectivity index (χ4n) is 1.73. The number of carbonyl (C=O) groups is 3. The fourth-order valence-corrected chi connectivity index (χ4v) is 1.73. The molecular formula is C12H18FN3O6. The molecule has 1 aliphatic rings. The van der Waals surface area contributed by atoms with Gasteiger partial charge in [0.2, 0.25) is 17.7 Å². The zero-order valence-electron chi connectivity index (χ0n) is 11.7. The molecule has 10 heteroatoms. The summed E-state index contributed by atoms with van der Waals surface area (Å²) in [6, 6.07) is 0. The van der Waals surface area contributed by atoms with E-state index >= 15 is 0 Å². The quantitative estimate of drug-likeness (QED) is 0.225. The zero-order chi connectivity index (χ0) is 16.7. The molecule has 4 N–H and O–H groups in total. The first kappa shape index (κ1) is 18.1. The molecule has 1 heterocycles. The lowest BCUT2D eigenvalue weighted by Gasteiger charge is -2.17. The Morgan fingerprint density at radius 1 is 1.32 bits per heavy atom. The van der Waals surface area contributed by atoms with Crippen molar-refractivity contribution in [3.8, 4) is 0 Å². The number of halogens is 1.